The van der Waals surface area contributed by atoms with Gasteiger partial charge in [0, 0.05) is 22.5 Å². The molecule has 0 atom stereocenters. The standard InChI is InChI=1S/C15H19N3OS/c1-3-10(4-2)14(19)18-15-17-13(9-20-15)11-5-7-12(16)8-6-11/h5-10H,3-4,16H2,1-2H3,(H,17,18,19). The van der Waals surface area contributed by atoms with E-state index in [1.54, 1.807) is 0 Å². The van der Waals surface area contributed by atoms with Gasteiger partial charge in [0.05, 0.1) is 5.69 Å². The quantitative estimate of drug-likeness (QED) is 0.823. The van der Waals surface area contributed by atoms with Gasteiger partial charge in [0.1, 0.15) is 0 Å². The molecule has 2 rings (SSSR count). The van der Waals surface area contributed by atoms with Crippen molar-refractivity contribution >= 4 is 28.1 Å². The average Bonchev–Trinajstić information content (AvgIpc) is 2.89. The first kappa shape index (κ1) is 14.5. The minimum atomic E-state index is 0.0493. The number of nitrogens with two attached hydrogens (primary N) is 1. The van der Waals surface area contributed by atoms with Crippen molar-refractivity contribution < 1.29 is 4.79 Å². The van der Waals surface area contributed by atoms with Gasteiger partial charge in [-0.25, -0.2) is 4.98 Å². The van der Waals surface area contributed by atoms with Crippen LogP contribution in [0.4, 0.5) is 10.8 Å². The minimum absolute atomic E-state index is 0.0493. The predicted octanol–water partition coefficient (Wildman–Crippen LogP) is 3.77. The van der Waals surface area contributed by atoms with Crippen LogP contribution in [0.5, 0.6) is 0 Å². The third-order valence-electron chi connectivity index (χ3n) is 3.30. The highest BCUT2D eigenvalue weighted by Gasteiger charge is 2.15. The zero-order chi connectivity index (χ0) is 14.5. The Morgan fingerprint density at radius 3 is 2.55 bits per heavy atom. The van der Waals surface area contributed by atoms with Gasteiger partial charge in [0.15, 0.2) is 5.13 Å². The zero-order valence-electron chi connectivity index (χ0n) is 11.7. The highest BCUT2D eigenvalue weighted by atomic mass is 32.1. The molecule has 3 N–H and O–H groups in total. The Kier molecular flexibility index (Phi) is 4.74. The summed E-state index contributed by atoms with van der Waals surface area (Å²) < 4.78 is 0. The number of carbonyl (C=O) groups excluding carboxylic acids is 1. The SMILES string of the molecule is CCC(CC)C(=O)Nc1nc(-c2ccc(N)cc2)cs1. The normalized spacial score (nSPS) is 10.8. The molecular formula is C15H19N3OS. The van der Waals surface area contributed by atoms with Gasteiger partial charge in [-0.05, 0) is 25.0 Å². The number of benzene rings is 1. The van der Waals surface area contributed by atoms with E-state index in [9.17, 15) is 4.79 Å². The van der Waals surface area contributed by atoms with E-state index in [2.05, 4.69) is 10.3 Å². The molecule has 0 aliphatic heterocycles. The van der Waals surface area contributed by atoms with Gasteiger partial charge < -0.3 is 11.1 Å². The first-order valence-electron chi connectivity index (χ1n) is 6.76. The van der Waals surface area contributed by atoms with E-state index >= 15 is 0 Å². The Morgan fingerprint density at radius 1 is 1.30 bits per heavy atom. The van der Waals surface area contributed by atoms with Crippen molar-refractivity contribution in [1.29, 1.82) is 0 Å². The Bertz CT molecular complexity index is 573. The fourth-order valence-electron chi connectivity index (χ4n) is 1.98. The number of aromatic nitrogens is 1. The molecule has 1 amide bonds. The van der Waals surface area contributed by atoms with Crippen LogP contribution in [-0.4, -0.2) is 10.9 Å². The fraction of sp³-hybridized carbons (Fsp3) is 0.333. The maximum Gasteiger partial charge on any atom is 0.229 e. The summed E-state index contributed by atoms with van der Waals surface area (Å²) in [7, 11) is 0. The van der Waals surface area contributed by atoms with Crippen LogP contribution in [0.25, 0.3) is 11.3 Å². The number of hydrogen-bond acceptors (Lipinski definition) is 4. The molecule has 0 radical (unpaired) electrons. The van der Waals surface area contributed by atoms with Crippen LogP contribution in [-0.2, 0) is 4.79 Å². The Morgan fingerprint density at radius 2 is 1.95 bits per heavy atom. The molecule has 0 aliphatic carbocycles. The summed E-state index contributed by atoms with van der Waals surface area (Å²) in [5, 5.41) is 5.47. The molecule has 2 aromatic rings. The molecule has 0 fully saturated rings. The molecule has 0 unspecified atom stereocenters. The van der Waals surface area contributed by atoms with Crippen molar-refractivity contribution in [2.75, 3.05) is 11.1 Å². The van der Waals surface area contributed by atoms with Gasteiger partial charge in [-0.3, -0.25) is 4.79 Å². The summed E-state index contributed by atoms with van der Waals surface area (Å²) in [6, 6.07) is 7.54. The van der Waals surface area contributed by atoms with Crippen LogP contribution in [0.2, 0.25) is 0 Å². The van der Waals surface area contributed by atoms with Gasteiger partial charge >= 0.3 is 0 Å². The van der Waals surface area contributed by atoms with Crippen LogP contribution in [0.15, 0.2) is 29.6 Å². The topological polar surface area (TPSA) is 68.0 Å². The summed E-state index contributed by atoms with van der Waals surface area (Å²) in [4.78, 5) is 16.5. The molecule has 1 aromatic heterocycles. The van der Waals surface area contributed by atoms with Crippen LogP contribution >= 0.6 is 11.3 Å². The second-order valence-electron chi connectivity index (χ2n) is 4.66. The number of nitrogens with one attached hydrogen (secondary N) is 1. The number of anilines is 2. The van der Waals surface area contributed by atoms with Gasteiger partial charge in [-0.1, -0.05) is 26.0 Å². The minimum Gasteiger partial charge on any atom is -0.399 e. The van der Waals surface area contributed by atoms with E-state index in [1.165, 1.54) is 11.3 Å². The fourth-order valence-corrected chi connectivity index (χ4v) is 2.71. The van der Waals surface area contributed by atoms with Gasteiger partial charge in [-0.2, -0.15) is 0 Å². The molecule has 20 heavy (non-hydrogen) atoms. The lowest BCUT2D eigenvalue weighted by Crippen LogP contribution is -2.21. The number of carbonyl (C=O) groups is 1. The van der Waals surface area contributed by atoms with E-state index in [0.717, 1.165) is 29.8 Å². The Hall–Kier alpha value is -1.88. The molecular weight excluding hydrogens is 270 g/mol. The van der Waals surface area contributed by atoms with Crippen LogP contribution in [0.3, 0.4) is 0 Å². The largest absolute Gasteiger partial charge is 0.399 e. The number of thiazole rings is 1. The van der Waals surface area contributed by atoms with Gasteiger partial charge in [-0.15, -0.1) is 11.3 Å². The molecule has 106 valence electrons. The smallest absolute Gasteiger partial charge is 0.229 e. The Labute approximate surface area is 123 Å². The lowest BCUT2D eigenvalue weighted by molar-refractivity contribution is -0.120. The maximum absolute atomic E-state index is 12.0. The number of nitrogen functional groups attached to an aromatic ring is 1. The summed E-state index contributed by atoms with van der Waals surface area (Å²) in [5.41, 5.74) is 8.25. The van der Waals surface area contributed by atoms with Gasteiger partial charge in [0.2, 0.25) is 5.91 Å². The van der Waals surface area contributed by atoms with E-state index in [4.69, 9.17) is 5.73 Å². The third kappa shape index (κ3) is 3.36. The Balaban J connectivity index is 2.09. The summed E-state index contributed by atoms with van der Waals surface area (Å²) in [5.74, 6) is 0.104. The highest BCUT2D eigenvalue weighted by molar-refractivity contribution is 7.14. The second kappa shape index (κ2) is 6.52. The van der Waals surface area contributed by atoms with Crippen molar-refractivity contribution in [2.24, 2.45) is 5.92 Å². The van der Waals surface area contributed by atoms with Crippen LogP contribution in [0.1, 0.15) is 26.7 Å². The zero-order valence-corrected chi connectivity index (χ0v) is 12.5. The lowest BCUT2D eigenvalue weighted by Gasteiger charge is -2.10. The summed E-state index contributed by atoms with van der Waals surface area (Å²) >= 11 is 1.44. The van der Waals surface area contributed by atoms with Crippen molar-refractivity contribution in [1.82, 2.24) is 4.98 Å². The molecule has 0 saturated carbocycles. The summed E-state index contributed by atoms with van der Waals surface area (Å²) in [6.45, 7) is 4.05. The van der Waals surface area contributed by atoms with E-state index in [0.29, 0.717) is 5.13 Å². The van der Waals surface area contributed by atoms with Gasteiger partial charge in [0.25, 0.3) is 0 Å². The lowest BCUT2D eigenvalue weighted by atomic mass is 10.0. The molecule has 0 saturated heterocycles. The molecule has 0 spiro atoms. The molecule has 0 bridgehead atoms. The maximum atomic E-state index is 12.0. The van der Waals surface area contributed by atoms with Crippen molar-refractivity contribution in [3.8, 4) is 11.3 Å². The third-order valence-corrected chi connectivity index (χ3v) is 4.05. The second-order valence-corrected chi connectivity index (χ2v) is 5.52. The van der Waals surface area contributed by atoms with Crippen molar-refractivity contribution in [2.45, 2.75) is 26.7 Å². The first-order chi connectivity index (χ1) is 9.63. The molecule has 0 aliphatic rings. The van der Waals surface area contributed by atoms with Crippen molar-refractivity contribution in [3.63, 3.8) is 0 Å². The van der Waals surface area contributed by atoms with Crippen molar-refractivity contribution in [3.05, 3.63) is 29.6 Å². The number of amides is 1. The number of hydrogen-bond donors (Lipinski definition) is 2. The molecule has 1 aromatic carbocycles. The molecule has 4 nitrogen and oxygen atoms in total. The summed E-state index contributed by atoms with van der Waals surface area (Å²) in [6.07, 6.45) is 1.69. The predicted molar refractivity (Wildman–Crippen MR) is 84.7 cm³/mol. The average molecular weight is 289 g/mol. The van der Waals surface area contributed by atoms with E-state index < -0.39 is 0 Å². The number of nitrogens with zero attached hydrogens (tertiary/aromatic N) is 1. The highest BCUT2D eigenvalue weighted by Crippen LogP contribution is 2.26. The van der Waals surface area contributed by atoms with Crippen LogP contribution < -0.4 is 11.1 Å². The molecule has 1 heterocycles. The first-order valence-corrected chi connectivity index (χ1v) is 7.64. The number of rotatable bonds is 5. The van der Waals surface area contributed by atoms with Crippen LogP contribution in [0, 0.1) is 5.92 Å². The van der Waals surface area contributed by atoms with E-state index in [1.807, 2.05) is 43.5 Å². The molecule has 5 heteroatoms. The van der Waals surface area contributed by atoms with E-state index in [-0.39, 0.29) is 11.8 Å². The monoisotopic (exact) mass is 289 g/mol.